The molecule has 1 atom stereocenters. The maximum absolute atomic E-state index is 11.2. The quantitative estimate of drug-likeness (QED) is 0.484. The van der Waals surface area contributed by atoms with Crippen molar-refractivity contribution in [2.24, 2.45) is 11.3 Å². The maximum atomic E-state index is 11.2. The second-order valence-corrected chi connectivity index (χ2v) is 3.16. The molecule has 13 heavy (non-hydrogen) atoms. The van der Waals surface area contributed by atoms with Crippen LogP contribution >= 0.6 is 0 Å². The number of aliphatic hydroxyl groups is 3. The normalized spacial score (nSPS) is 13.8. The zero-order chi connectivity index (χ0) is 10.5. The van der Waals surface area contributed by atoms with E-state index in [4.69, 9.17) is 15.3 Å². The predicted molar refractivity (Wildman–Crippen MR) is 48.1 cm³/mol. The van der Waals surface area contributed by atoms with E-state index in [0.29, 0.717) is 0 Å². The van der Waals surface area contributed by atoms with Crippen LogP contribution in [-0.2, 0) is 4.79 Å². The third-order valence-electron chi connectivity index (χ3n) is 2.49. The van der Waals surface area contributed by atoms with E-state index >= 15 is 0 Å². The summed E-state index contributed by atoms with van der Waals surface area (Å²) in [5.74, 6) is -0.929. The van der Waals surface area contributed by atoms with Gasteiger partial charge in [0.25, 0.3) is 0 Å². The lowest BCUT2D eigenvalue weighted by Gasteiger charge is -2.32. The first-order valence-electron chi connectivity index (χ1n) is 4.07. The molecule has 1 unspecified atom stereocenters. The molecule has 0 rings (SSSR count). The van der Waals surface area contributed by atoms with Gasteiger partial charge in [0.2, 0.25) is 0 Å². The zero-order valence-electron chi connectivity index (χ0n) is 7.73. The third-order valence-corrected chi connectivity index (χ3v) is 2.49. The third kappa shape index (κ3) is 2.37. The first kappa shape index (κ1) is 12.3. The molecule has 76 valence electrons. The molecule has 4 nitrogen and oxygen atoms in total. The van der Waals surface area contributed by atoms with Crippen LogP contribution < -0.4 is 0 Å². The lowest BCUT2D eigenvalue weighted by Crippen LogP contribution is -2.43. The minimum Gasteiger partial charge on any atom is -0.396 e. The van der Waals surface area contributed by atoms with Gasteiger partial charge in [0.15, 0.2) is 5.78 Å². The number of hydrogen-bond donors (Lipinski definition) is 3. The van der Waals surface area contributed by atoms with Crippen molar-refractivity contribution in [1.82, 2.24) is 0 Å². The van der Waals surface area contributed by atoms with Crippen molar-refractivity contribution in [3.63, 3.8) is 0 Å². The summed E-state index contributed by atoms with van der Waals surface area (Å²) in [5, 5.41) is 27.0. The van der Waals surface area contributed by atoms with Gasteiger partial charge >= 0.3 is 0 Å². The fraction of sp³-hybridized carbons (Fsp3) is 0.667. The van der Waals surface area contributed by atoms with Crippen molar-refractivity contribution in [3.8, 4) is 0 Å². The highest BCUT2D eigenvalue weighted by molar-refractivity contribution is 5.91. The molecule has 0 aromatic heterocycles. The minimum absolute atomic E-state index is 0.294. The monoisotopic (exact) mass is 188 g/mol. The average molecular weight is 188 g/mol. The number of ketones is 1. The molecule has 3 N–H and O–H groups in total. The van der Waals surface area contributed by atoms with Crippen molar-refractivity contribution in [2.45, 2.75) is 6.92 Å². The van der Waals surface area contributed by atoms with Gasteiger partial charge in [-0.05, 0) is 6.08 Å². The summed E-state index contributed by atoms with van der Waals surface area (Å²) in [7, 11) is 0. The second kappa shape index (κ2) is 5.11. The van der Waals surface area contributed by atoms with E-state index in [1.165, 1.54) is 0 Å². The van der Waals surface area contributed by atoms with Crippen LogP contribution in [0.25, 0.3) is 0 Å². The molecule has 0 aliphatic rings. The van der Waals surface area contributed by atoms with Gasteiger partial charge in [-0.1, -0.05) is 13.5 Å². The van der Waals surface area contributed by atoms with Crippen LogP contribution in [0.2, 0.25) is 0 Å². The van der Waals surface area contributed by atoms with Gasteiger partial charge in [0.1, 0.15) is 0 Å². The Hall–Kier alpha value is -0.710. The molecular formula is C9H16O4. The van der Waals surface area contributed by atoms with Crippen LogP contribution in [0.4, 0.5) is 0 Å². The van der Waals surface area contributed by atoms with E-state index in [9.17, 15) is 4.79 Å². The molecule has 0 spiro atoms. The molecule has 0 heterocycles. The Morgan fingerprint density at radius 3 is 2.00 bits per heavy atom. The van der Waals surface area contributed by atoms with Crippen molar-refractivity contribution < 1.29 is 20.1 Å². The highest BCUT2D eigenvalue weighted by Gasteiger charge is 2.37. The van der Waals surface area contributed by atoms with E-state index < -0.39 is 31.2 Å². The maximum Gasteiger partial charge on any atom is 0.158 e. The number of allylic oxidation sites excluding steroid dienone is 1. The second-order valence-electron chi connectivity index (χ2n) is 3.16. The molecule has 0 amide bonds. The summed E-state index contributed by atoms with van der Waals surface area (Å²) in [6.45, 7) is 3.56. The van der Waals surface area contributed by atoms with Gasteiger partial charge in [0.05, 0.1) is 19.8 Å². The fourth-order valence-corrected chi connectivity index (χ4v) is 1.04. The number of carbonyl (C=O) groups is 1. The summed E-state index contributed by atoms with van der Waals surface area (Å²) in [5.41, 5.74) is -1.15. The molecule has 0 aromatic carbocycles. The number of carbonyl (C=O) groups excluding carboxylic acids is 1. The van der Waals surface area contributed by atoms with E-state index in [0.717, 1.165) is 6.08 Å². The zero-order valence-corrected chi connectivity index (χ0v) is 7.73. The van der Waals surface area contributed by atoms with Crippen molar-refractivity contribution in [1.29, 1.82) is 0 Å². The fourth-order valence-electron chi connectivity index (χ4n) is 1.04. The Morgan fingerprint density at radius 1 is 1.38 bits per heavy atom. The summed E-state index contributed by atoms with van der Waals surface area (Å²) < 4.78 is 0. The average Bonchev–Trinajstić information content (AvgIpc) is 2.20. The van der Waals surface area contributed by atoms with E-state index in [1.54, 1.807) is 6.92 Å². The summed E-state index contributed by atoms with van der Waals surface area (Å²) in [6, 6.07) is 0. The predicted octanol–water partition coefficient (Wildman–Crippen LogP) is -0.659. The van der Waals surface area contributed by atoms with Gasteiger partial charge in [-0.25, -0.2) is 0 Å². The molecule has 0 aromatic rings. The molecule has 0 radical (unpaired) electrons. The van der Waals surface area contributed by atoms with Gasteiger partial charge < -0.3 is 15.3 Å². The Bertz CT molecular complexity index is 176. The Kier molecular flexibility index (Phi) is 4.83. The van der Waals surface area contributed by atoms with Gasteiger partial charge in [-0.3, -0.25) is 4.79 Å². The smallest absolute Gasteiger partial charge is 0.158 e. The molecule has 0 fully saturated rings. The molecule has 0 aliphatic heterocycles. The molecule has 0 aliphatic carbocycles. The molecule has 0 saturated carbocycles. The van der Waals surface area contributed by atoms with E-state index in [2.05, 4.69) is 6.58 Å². The topological polar surface area (TPSA) is 77.8 Å². The lowest BCUT2D eigenvalue weighted by atomic mass is 9.76. The minimum atomic E-state index is -1.15. The first-order chi connectivity index (χ1) is 6.07. The number of aliphatic hydroxyl groups excluding tert-OH is 3. The van der Waals surface area contributed by atoms with Crippen molar-refractivity contribution >= 4 is 5.78 Å². The molecule has 0 bridgehead atoms. The molecule has 0 saturated heterocycles. The summed E-state index contributed by atoms with van der Waals surface area (Å²) in [6.07, 6.45) is 1.13. The Labute approximate surface area is 77.5 Å². The number of rotatable bonds is 6. The number of hydrogen-bond acceptors (Lipinski definition) is 4. The van der Waals surface area contributed by atoms with Crippen LogP contribution in [0.5, 0.6) is 0 Å². The first-order valence-corrected chi connectivity index (χ1v) is 4.07. The Balaban J connectivity index is 4.71. The van der Waals surface area contributed by atoms with E-state index in [-0.39, 0.29) is 5.78 Å². The molecule has 4 heteroatoms. The standard InChI is InChI=1S/C9H16O4/c1-3-8(13)7(2)9(4-10,5-11)6-12/h3,7,10-12H,1,4-6H2,2H3. The van der Waals surface area contributed by atoms with Crippen molar-refractivity contribution in [3.05, 3.63) is 12.7 Å². The van der Waals surface area contributed by atoms with Gasteiger partial charge in [0, 0.05) is 11.3 Å². The largest absolute Gasteiger partial charge is 0.396 e. The van der Waals surface area contributed by atoms with Gasteiger partial charge in [-0.2, -0.15) is 0 Å². The molecular weight excluding hydrogens is 172 g/mol. The van der Waals surface area contributed by atoms with Gasteiger partial charge in [-0.15, -0.1) is 0 Å². The summed E-state index contributed by atoms with van der Waals surface area (Å²) in [4.78, 5) is 11.2. The van der Waals surface area contributed by atoms with Crippen molar-refractivity contribution in [2.75, 3.05) is 19.8 Å². The SMILES string of the molecule is C=CC(=O)C(C)C(CO)(CO)CO. The Morgan fingerprint density at radius 2 is 1.77 bits per heavy atom. The summed E-state index contributed by atoms with van der Waals surface area (Å²) >= 11 is 0. The van der Waals surface area contributed by atoms with Crippen LogP contribution in [-0.4, -0.2) is 40.9 Å². The highest BCUT2D eigenvalue weighted by Crippen LogP contribution is 2.27. The van der Waals surface area contributed by atoms with E-state index in [1.807, 2.05) is 0 Å². The van der Waals surface area contributed by atoms with Crippen LogP contribution in [0.15, 0.2) is 12.7 Å². The van der Waals surface area contributed by atoms with Crippen LogP contribution in [0.1, 0.15) is 6.92 Å². The van der Waals surface area contributed by atoms with Crippen LogP contribution in [0, 0.1) is 11.3 Å². The van der Waals surface area contributed by atoms with Crippen LogP contribution in [0.3, 0.4) is 0 Å². The lowest BCUT2D eigenvalue weighted by molar-refractivity contribution is -0.127. The highest BCUT2D eigenvalue weighted by atomic mass is 16.3.